The zero-order valence-corrected chi connectivity index (χ0v) is 18.5. The summed E-state index contributed by atoms with van der Waals surface area (Å²) in [6.07, 6.45) is 1.86. The van der Waals surface area contributed by atoms with Crippen LogP contribution in [0.25, 0.3) is 11.1 Å². The van der Waals surface area contributed by atoms with E-state index >= 15 is 0 Å². The lowest BCUT2D eigenvalue weighted by Crippen LogP contribution is -2.48. The Labute approximate surface area is 173 Å². The van der Waals surface area contributed by atoms with E-state index < -0.39 is 0 Å². The highest BCUT2D eigenvalue weighted by Gasteiger charge is 2.22. The van der Waals surface area contributed by atoms with Crippen molar-refractivity contribution in [1.82, 2.24) is 14.4 Å². The molecule has 1 aromatic carbocycles. The van der Waals surface area contributed by atoms with Crippen LogP contribution in [0.2, 0.25) is 0 Å². The largest absolute Gasteiger partial charge is 0.496 e. The molecule has 0 atom stereocenters. The van der Waals surface area contributed by atoms with Gasteiger partial charge < -0.3 is 14.0 Å². The minimum absolute atomic E-state index is 0.0184. The molecule has 6 heteroatoms. The van der Waals surface area contributed by atoms with Gasteiger partial charge in [-0.05, 0) is 50.1 Å². The number of ether oxygens (including phenoxy) is 2. The van der Waals surface area contributed by atoms with Crippen LogP contribution >= 0.6 is 0 Å². The Morgan fingerprint density at radius 3 is 2.03 bits per heavy atom. The molecular weight excluding hydrogens is 366 g/mol. The van der Waals surface area contributed by atoms with Gasteiger partial charge in [-0.1, -0.05) is 0 Å². The van der Waals surface area contributed by atoms with Crippen molar-refractivity contribution in [2.45, 2.75) is 33.4 Å². The monoisotopic (exact) mass is 399 g/mol. The molecule has 158 valence electrons. The highest BCUT2D eigenvalue weighted by molar-refractivity contribution is 5.69. The molecule has 1 aliphatic heterocycles. The van der Waals surface area contributed by atoms with Gasteiger partial charge in [-0.25, -0.2) is 0 Å². The first-order chi connectivity index (χ1) is 13.8. The summed E-state index contributed by atoms with van der Waals surface area (Å²) in [6.45, 7) is 11.4. The van der Waals surface area contributed by atoms with Crippen molar-refractivity contribution in [3.05, 3.63) is 45.9 Å². The first kappa shape index (κ1) is 21.4. The zero-order valence-electron chi connectivity index (χ0n) is 18.5. The van der Waals surface area contributed by atoms with Crippen molar-refractivity contribution in [3.63, 3.8) is 0 Å². The molecule has 3 rings (SSSR count). The van der Waals surface area contributed by atoms with Crippen LogP contribution in [0.15, 0.2) is 29.2 Å². The number of aryl methyl sites for hydroxylation is 2. The standard InChI is InChI=1S/C23H33N3O3/c1-16(2)26-9-7-25(8-10-26)15-20-21(28-5)12-18(13-22(20)29-6)19-11-17(3)23(27)24(4)14-19/h11-14,16H,7-10,15H2,1-6H3. The number of pyridine rings is 1. The van der Waals surface area contributed by atoms with E-state index in [1.54, 1.807) is 25.8 Å². The van der Waals surface area contributed by atoms with Gasteiger partial charge in [0.1, 0.15) is 11.5 Å². The molecule has 0 bridgehead atoms. The Bertz CT molecular complexity index is 861. The van der Waals surface area contributed by atoms with E-state index in [-0.39, 0.29) is 5.56 Å². The quantitative estimate of drug-likeness (QED) is 0.748. The van der Waals surface area contributed by atoms with Crippen molar-refractivity contribution < 1.29 is 9.47 Å². The van der Waals surface area contributed by atoms with Gasteiger partial charge in [0.15, 0.2) is 0 Å². The number of nitrogens with zero attached hydrogens (tertiary/aromatic N) is 3. The number of piperazine rings is 1. The van der Waals surface area contributed by atoms with Crippen LogP contribution in [0.1, 0.15) is 25.0 Å². The second kappa shape index (κ2) is 9.01. The molecule has 0 radical (unpaired) electrons. The highest BCUT2D eigenvalue weighted by Crippen LogP contribution is 2.36. The highest BCUT2D eigenvalue weighted by atomic mass is 16.5. The Hall–Kier alpha value is -2.31. The summed E-state index contributed by atoms with van der Waals surface area (Å²) in [4.78, 5) is 17.0. The Balaban J connectivity index is 1.91. The lowest BCUT2D eigenvalue weighted by atomic mass is 10.0. The average Bonchev–Trinajstić information content (AvgIpc) is 2.72. The van der Waals surface area contributed by atoms with Crippen LogP contribution in [0.3, 0.4) is 0 Å². The Kier molecular flexibility index (Phi) is 6.65. The molecule has 1 aromatic heterocycles. The number of aromatic nitrogens is 1. The van der Waals surface area contributed by atoms with Crippen LogP contribution < -0.4 is 15.0 Å². The normalized spacial score (nSPS) is 15.7. The molecule has 0 aliphatic carbocycles. The molecule has 1 fully saturated rings. The smallest absolute Gasteiger partial charge is 0.253 e. The average molecular weight is 400 g/mol. The molecule has 29 heavy (non-hydrogen) atoms. The number of benzene rings is 1. The van der Waals surface area contributed by atoms with Gasteiger partial charge in [0.05, 0.1) is 19.8 Å². The summed E-state index contributed by atoms with van der Waals surface area (Å²) < 4.78 is 13.1. The second-order valence-electron chi connectivity index (χ2n) is 8.09. The molecule has 0 saturated carbocycles. The molecule has 1 saturated heterocycles. The molecule has 6 nitrogen and oxygen atoms in total. The maximum absolute atomic E-state index is 12.0. The van der Waals surface area contributed by atoms with Crippen molar-refractivity contribution in [2.75, 3.05) is 40.4 Å². The number of rotatable bonds is 6. The van der Waals surface area contributed by atoms with E-state index in [0.29, 0.717) is 6.04 Å². The summed E-state index contributed by atoms with van der Waals surface area (Å²) in [6, 6.07) is 6.59. The van der Waals surface area contributed by atoms with E-state index in [0.717, 1.165) is 66.5 Å². The third-order valence-electron chi connectivity index (χ3n) is 5.82. The third-order valence-corrected chi connectivity index (χ3v) is 5.82. The number of hydrogen-bond donors (Lipinski definition) is 0. The van der Waals surface area contributed by atoms with Crippen LogP contribution in [-0.2, 0) is 13.6 Å². The molecule has 0 unspecified atom stereocenters. The summed E-state index contributed by atoms with van der Waals surface area (Å²) >= 11 is 0. The van der Waals surface area contributed by atoms with Gasteiger partial charge in [0, 0.05) is 57.6 Å². The fourth-order valence-corrected chi connectivity index (χ4v) is 4.00. The minimum atomic E-state index is 0.0184. The molecule has 0 N–H and O–H groups in total. The summed E-state index contributed by atoms with van der Waals surface area (Å²) in [5.41, 5.74) is 3.75. The summed E-state index contributed by atoms with van der Waals surface area (Å²) in [5, 5.41) is 0. The molecule has 0 spiro atoms. The predicted molar refractivity (Wildman–Crippen MR) is 117 cm³/mol. The zero-order chi connectivity index (χ0) is 21.1. The first-order valence-electron chi connectivity index (χ1n) is 10.2. The van der Waals surface area contributed by atoms with Gasteiger partial charge >= 0.3 is 0 Å². The van der Waals surface area contributed by atoms with Crippen LogP contribution in [0, 0.1) is 6.92 Å². The molecule has 0 amide bonds. The lowest BCUT2D eigenvalue weighted by Gasteiger charge is -2.37. The van der Waals surface area contributed by atoms with E-state index in [4.69, 9.17) is 9.47 Å². The third kappa shape index (κ3) is 4.65. The van der Waals surface area contributed by atoms with Gasteiger partial charge in [-0.2, -0.15) is 0 Å². The SMILES string of the molecule is COc1cc(-c2cc(C)c(=O)n(C)c2)cc(OC)c1CN1CCN(C(C)C)CC1. The van der Waals surface area contributed by atoms with Crippen LogP contribution in [0.5, 0.6) is 11.5 Å². The van der Waals surface area contributed by atoms with Gasteiger partial charge in [0.25, 0.3) is 5.56 Å². The Morgan fingerprint density at radius 2 is 1.55 bits per heavy atom. The van der Waals surface area contributed by atoms with E-state index in [1.807, 2.05) is 31.3 Å². The molecule has 1 aliphatic rings. The first-order valence-corrected chi connectivity index (χ1v) is 10.2. The summed E-state index contributed by atoms with van der Waals surface area (Å²) in [5.74, 6) is 1.63. The fraction of sp³-hybridized carbons (Fsp3) is 0.522. The van der Waals surface area contributed by atoms with Crippen LogP contribution in [-0.4, -0.2) is 60.8 Å². The van der Waals surface area contributed by atoms with Crippen molar-refractivity contribution >= 4 is 0 Å². The predicted octanol–water partition coefficient (Wildman–Crippen LogP) is 2.90. The van der Waals surface area contributed by atoms with E-state index in [2.05, 4.69) is 23.6 Å². The summed E-state index contributed by atoms with van der Waals surface area (Å²) in [7, 11) is 5.17. The van der Waals surface area contributed by atoms with Crippen molar-refractivity contribution in [2.24, 2.45) is 7.05 Å². The maximum Gasteiger partial charge on any atom is 0.253 e. The molecule has 2 heterocycles. The lowest BCUT2D eigenvalue weighted by molar-refractivity contribution is 0.103. The minimum Gasteiger partial charge on any atom is -0.496 e. The fourth-order valence-electron chi connectivity index (χ4n) is 4.00. The topological polar surface area (TPSA) is 46.9 Å². The number of methoxy groups -OCH3 is 2. The van der Waals surface area contributed by atoms with Crippen molar-refractivity contribution in [3.8, 4) is 22.6 Å². The number of hydrogen-bond acceptors (Lipinski definition) is 5. The maximum atomic E-state index is 12.0. The van der Waals surface area contributed by atoms with E-state index in [1.165, 1.54) is 0 Å². The Morgan fingerprint density at radius 1 is 0.966 bits per heavy atom. The van der Waals surface area contributed by atoms with Gasteiger partial charge in [-0.3, -0.25) is 14.6 Å². The van der Waals surface area contributed by atoms with Crippen LogP contribution in [0.4, 0.5) is 0 Å². The molecule has 2 aromatic rings. The van der Waals surface area contributed by atoms with Gasteiger partial charge in [0.2, 0.25) is 0 Å². The van der Waals surface area contributed by atoms with Gasteiger partial charge in [-0.15, -0.1) is 0 Å². The molecular formula is C23H33N3O3. The van der Waals surface area contributed by atoms with E-state index in [9.17, 15) is 4.79 Å². The van der Waals surface area contributed by atoms with Crippen molar-refractivity contribution in [1.29, 1.82) is 0 Å². The second-order valence-corrected chi connectivity index (χ2v) is 8.09.